The first-order chi connectivity index (χ1) is 14.1. The smallest absolute Gasteiger partial charge is 0.285 e. The van der Waals surface area contributed by atoms with Gasteiger partial charge in [0.15, 0.2) is 11.6 Å². The van der Waals surface area contributed by atoms with E-state index >= 15 is 0 Å². The lowest BCUT2D eigenvalue weighted by molar-refractivity contribution is -0.385. The predicted octanol–water partition coefficient (Wildman–Crippen LogP) is 4.36. The number of amides is 1. The number of halogens is 3. The summed E-state index contributed by atoms with van der Waals surface area (Å²) in [7, 11) is 0. The quantitative estimate of drug-likeness (QED) is 0.556. The van der Waals surface area contributed by atoms with Gasteiger partial charge in [-0.15, -0.1) is 0 Å². The Bertz CT molecular complexity index is 975. The number of hydrogen-bond acceptors (Lipinski definition) is 4. The number of benzene rings is 2. The van der Waals surface area contributed by atoms with Gasteiger partial charge in [0.2, 0.25) is 0 Å². The first-order valence-electron chi connectivity index (χ1n) is 9.56. The van der Waals surface area contributed by atoms with Gasteiger partial charge in [-0.25, -0.2) is 13.2 Å². The van der Waals surface area contributed by atoms with Crippen molar-refractivity contribution < 1.29 is 22.9 Å². The summed E-state index contributed by atoms with van der Waals surface area (Å²) in [5.41, 5.74) is -1.36. The van der Waals surface area contributed by atoms with Crippen LogP contribution in [0.3, 0.4) is 0 Å². The standard InChI is InChI=1S/C21H22F3N3O3/c1-21(2,26-9-3-4-10-26)19(13-5-8-16(23)17(24)11-13)25-20(28)15-7-6-14(22)12-18(15)27(29)30/h5-8,11-12,19H,3-4,9-10H2,1-2H3,(H,25,28). The van der Waals surface area contributed by atoms with Crippen molar-refractivity contribution in [2.45, 2.75) is 38.3 Å². The van der Waals surface area contributed by atoms with Crippen molar-refractivity contribution in [3.05, 3.63) is 75.1 Å². The second-order valence-electron chi connectivity index (χ2n) is 7.85. The lowest BCUT2D eigenvalue weighted by Gasteiger charge is -2.42. The van der Waals surface area contributed by atoms with Gasteiger partial charge in [-0.05, 0) is 69.6 Å². The Hall–Kier alpha value is -2.94. The molecule has 1 aliphatic rings. The van der Waals surface area contributed by atoms with Crippen LogP contribution in [-0.2, 0) is 0 Å². The van der Waals surface area contributed by atoms with Crippen LogP contribution in [0.4, 0.5) is 18.9 Å². The topological polar surface area (TPSA) is 75.5 Å². The molecule has 1 aliphatic heterocycles. The summed E-state index contributed by atoms with van der Waals surface area (Å²) < 4.78 is 40.9. The SMILES string of the molecule is CC(C)(C(NC(=O)c1ccc(F)cc1[N+](=O)[O-])c1ccc(F)c(F)c1)N1CCCC1. The highest BCUT2D eigenvalue weighted by Gasteiger charge is 2.39. The van der Waals surface area contributed by atoms with E-state index in [1.54, 1.807) is 0 Å². The van der Waals surface area contributed by atoms with E-state index in [9.17, 15) is 28.1 Å². The minimum Gasteiger partial charge on any atom is -0.343 e. The molecule has 3 rings (SSSR count). The molecule has 9 heteroatoms. The molecule has 30 heavy (non-hydrogen) atoms. The molecule has 0 spiro atoms. The van der Waals surface area contributed by atoms with E-state index in [4.69, 9.17) is 0 Å². The Kier molecular flexibility index (Phi) is 6.12. The maximum Gasteiger partial charge on any atom is 0.285 e. The third-order valence-corrected chi connectivity index (χ3v) is 5.58. The van der Waals surface area contributed by atoms with Crippen LogP contribution in [0.5, 0.6) is 0 Å². The second-order valence-corrected chi connectivity index (χ2v) is 7.85. The summed E-state index contributed by atoms with van der Waals surface area (Å²) in [4.78, 5) is 25.5. The summed E-state index contributed by atoms with van der Waals surface area (Å²) in [5, 5.41) is 14.0. The highest BCUT2D eigenvalue weighted by atomic mass is 19.2. The normalized spacial score (nSPS) is 15.8. The number of nitro groups is 1. The molecule has 1 saturated heterocycles. The summed E-state index contributed by atoms with van der Waals surface area (Å²) >= 11 is 0. The summed E-state index contributed by atoms with van der Waals surface area (Å²) in [6.07, 6.45) is 1.93. The summed E-state index contributed by atoms with van der Waals surface area (Å²) in [6.45, 7) is 5.26. The van der Waals surface area contributed by atoms with Gasteiger partial charge >= 0.3 is 0 Å². The fourth-order valence-corrected chi connectivity index (χ4v) is 3.89. The van der Waals surface area contributed by atoms with Crippen LogP contribution in [0.25, 0.3) is 0 Å². The molecule has 0 radical (unpaired) electrons. The molecule has 1 amide bonds. The van der Waals surface area contributed by atoms with E-state index in [0.29, 0.717) is 11.6 Å². The Balaban J connectivity index is 2.01. The highest BCUT2D eigenvalue weighted by Crippen LogP contribution is 2.35. The maximum atomic E-state index is 13.9. The van der Waals surface area contributed by atoms with Crippen molar-refractivity contribution in [2.75, 3.05) is 13.1 Å². The molecule has 1 heterocycles. The molecule has 1 fully saturated rings. The Morgan fingerprint density at radius 2 is 1.77 bits per heavy atom. The molecule has 0 saturated carbocycles. The highest BCUT2D eigenvalue weighted by molar-refractivity contribution is 5.98. The van der Waals surface area contributed by atoms with Gasteiger partial charge in [-0.2, -0.15) is 0 Å². The molecule has 2 aromatic carbocycles. The lowest BCUT2D eigenvalue weighted by Crippen LogP contribution is -2.52. The third kappa shape index (κ3) is 4.30. The molecule has 0 aliphatic carbocycles. The van der Waals surface area contributed by atoms with Crippen LogP contribution in [0, 0.1) is 27.6 Å². The zero-order valence-corrected chi connectivity index (χ0v) is 16.6. The monoisotopic (exact) mass is 421 g/mol. The van der Waals surface area contributed by atoms with E-state index in [0.717, 1.165) is 50.2 Å². The minimum absolute atomic E-state index is 0.314. The van der Waals surface area contributed by atoms with Crippen molar-refractivity contribution in [3.8, 4) is 0 Å². The van der Waals surface area contributed by atoms with E-state index < -0.39 is 45.6 Å². The Morgan fingerprint density at radius 1 is 1.10 bits per heavy atom. The van der Waals surface area contributed by atoms with Gasteiger partial charge in [0.1, 0.15) is 11.4 Å². The summed E-state index contributed by atoms with van der Waals surface area (Å²) in [6, 6.07) is 5.23. The number of rotatable bonds is 6. The number of nitrogens with one attached hydrogen (secondary N) is 1. The van der Waals surface area contributed by atoms with Crippen molar-refractivity contribution >= 4 is 11.6 Å². The fraction of sp³-hybridized carbons (Fsp3) is 0.381. The molecule has 2 aromatic rings. The zero-order chi connectivity index (χ0) is 22.1. The first-order valence-corrected chi connectivity index (χ1v) is 9.56. The zero-order valence-electron chi connectivity index (χ0n) is 16.6. The molecule has 0 bridgehead atoms. The van der Waals surface area contributed by atoms with Crippen LogP contribution < -0.4 is 5.32 Å². The van der Waals surface area contributed by atoms with Crippen LogP contribution in [0.2, 0.25) is 0 Å². The van der Waals surface area contributed by atoms with E-state index in [1.165, 1.54) is 6.07 Å². The fourth-order valence-electron chi connectivity index (χ4n) is 3.89. The number of nitro benzene ring substituents is 1. The second kappa shape index (κ2) is 8.43. The van der Waals surface area contributed by atoms with Gasteiger partial charge in [0.25, 0.3) is 11.6 Å². The van der Waals surface area contributed by atoms with Crippen molar-refractivity contribution in [2.24, 2.45) is 0 Å². The number of hydrogen-bond donors (Lipinski definition) is 1. The molecule has 6 nitrogen and oxygen atoms in total. The predicted molar refractivity (Wildman–Crippen MR) is 105 cm³/mol. The molecule has 0 aromatic heterocycles. The molecular formula is C21H22F3N3O3. The van der Waals surface area contributed by atoms with Gasteiger partial charge in [0, 0.05) is 5.54 Å². The van der Waals surface area contributed by atoms with Gasteiger partial charge < -0.3 is 5.32 Å². The molecule has 1 atom stereocenters. The van der Waals surface area contributed by atoms with Crippen LogP contribution in [0.15, 0.2) is 36.4 Å². The van der Waals surface area contributed by atoms with Crippen molar-refractivity contribution in [3.63, 3.8) is 0 Å². The minimum atomic E-state index is -1.06. The molecule has 1 unspecified atom stereocenters. The largest absolute Gasteiger partial charge is 0.343 e. The van der Waals surface area contributed by atoms with Gasteiger partial charge in [-0.3, -0.25) is 19.8 Å². The molecule has 1 N–H and O–H groups in total. The van der Waals surface area contributed by atoms with Gasteiger partial charge in [0.05, 0.1) is 17.0 Å². The maximum absolute atomic E-state index is 13.9. The lowest BCUT2D eigenvalue weighted by atomic mass is 9.86. The number of nitrogens with zero attached hydrogens (tertiary/aromatic N) is 2. The van der Waals surface area contributed by atoms with Gasteiger partial charge in [-0.1, -0.05) is 6.07 Å². The molecular weight excluding hydrogens is 399 g/mol. The van der Waals surface area contributed by atoms with Crippen LogP contribution in [-0.4, -0.2) is 34.4 Å². The van der Waals surface area contributed by atoms with Crippen LogP contribution in [0.1, 0.15) is 48.7 Å². The Labute approximate surface area is 171 Å². The number of carbonyl (C=O) groups excluding carboxylic acids is 1. The third-order valence-electron chi connectivity index (χ3n) is 5.58. The Morgan fingerprint density at radius 3 is 2.37 bits per heavy atom. The molecule has 160 valence electrons. The average Bonchev–Trinajstić information content (AvgIpc) is 3.23. The van der Waals surface area contributed by atoms with E-state index in [2.05, 4.69) is 10.2 Å². The summed E-state index contributed by atoms with van der Waals surface area (Å²) in [5.74, 6) is -3.72. The average molecular weight is 421 g/mol. The van der Waals surface area contributed by atoms with Crippen molar-refractivity contribution in [1.82, 2.24) is 10.2 Å². The number of likely N-dealkylation sites (tertiary alicyclic amines) is 1. The number of carbonyl (C=O) groups is 1. The van der Waals surface area contributed by atoms with Crippen LogP contribution >= 0.6 is 0 Å². The first kappa shape index (κ1) is 21.8. The van der Waals surface area contributed by atoms with Crippen molar-refractivity contribution in [1.29, 1.82) is 0 Å². The van der Waals surface area contributed by atoms with E-state index in [-0.39, 0.29) is 5.56 Å². The van der Waals surface area contributed by atoms with E-state index in [1.807, 2.05) is 13.8 Å².